The molecule has 31 heavy (non-hydrogen) atoms. The number of carbonyl (C=O) groups is 2. The van der Waals surface area contributed by atoms with E-state index in [2.05, 4.69) is 12.5 Å². The molecule has 2 aromatic carbocycles. The zero-order valence-electron chi connectivity index (χ0n) is 16.9. The van der Waals surface area contributed by atoms with E-state index < -0.39 is 11.1 Å². The molecule has 0 saturated carbocycles. The average molecular weight is 437 g/mol. The van der Waals surface area contributed by atoms with E-state index in [4.69, 9.17) is 15.9 Å². The summed E-state index contributed by atoms with van der Waals surface area (Å²) in [5.41, 5.74) is 2.28. The minimum atomic E-state index is -0.422. The molecule has 1 aliphatic heterocycles. The summed E-state index contributed by atoms with van der Waals surface area (Å²) >= 11 is 0.842. The van der Waals surface area contributed by atoms with E-state index >= 15 is 0 Å². The Morgan fingerprint density at radius 2 is 2.00 bits per heavy atom. The molecule has 0 N–H and O–H groups in total. The van der Waals surface area contributed by atoms with Crippen molar-refractivity contribution in [3.05, 3.63) is 76.5 Å². The Kier molecular flexibility index (Phi) is 7.16. The van der Waals surface area contributed by atoms with E-state index in [0.717, 1.165) is 27.8 Å². The van der Waals surface area contributed by atoms with E-state index in [9.17, 15) is 14.0 Å². The van der Waals surface area contributed by atoms with Gasteiger partial charge in [-0.25, -0.2) is 4.39 Å². The number of benzene rings is 2. The van der Waals surface area contributed by atoms with E-state index in [-0.39, 0.29) is 23.9 Å². The molecule has 158 valence electrons. The minimum Gasteiger partial charge on any atom is -0.493 e. The fourth-order valence-corrected chi connectivity index (χ4v) is 3.84. The second-order valence-electron chi connectivity index (χ2n) is 6.59. The highest BCUT2D eigenvalue weighted by Crippen LogP contribution is 2.37. The third kappa shape index (κ3) is 5.16. The molecule has 2 aromatic rings. The molecule has 0 aliphatic carbocycles. The lowest BCUT2D eigenvalue weighted by molar-refractivity contribution is -0.122. The van der Waals surface area contributed by atoms with Crippen LogP contribution in [0.25, 0.3) is 6.08 Å². The van der Waals surface area contributed by atoms with Crippen molar-refractivity contribution in [1.82, 2.24) is 4.90 Å². The molecule has 2 amide bonds. The summed E-state index contributed by atoms with van der Waals surface area (Å²) in [5, 5.41) is -0.397. The van der Waals surface area contributed by atoms with Crippen molar-refractivity contribution >= 4 is 29.0 Å². The summed E-state index contributed by atoms with van der Waals surface area (Å²) in [6.07, 6.45) is 9.08. The number of thioether (sulfide) groups is 1. The zero-order chi connectivity index (χ0) is 22.4. The SMILES string of the molecule is C#CCN1C(=O)SC(=Cc2cc(CC=C)c(OCc3ccc(F)cc3)c(OC)c2)C1=O. The van der Waals surface area contributed by atoms with Crippen LogP contribution in [0.5, 0.6) is 11.5 Å². The first-order valence-corrected chi connectivity index (χ1v) is 10.2. The maximum Gasteiger partial charge on any atom is 0.294 e. The highest BCUT2D eigenvalue weighted by Gasteiger charge is 2.34. The summed E-state index contributed by atoms with van der Waals surface area (Å²) < 4.78 is 24.6. The Labute approximate surface area is 184 Å². The summed E-state index contributed by atoms with van der Waals surface area (Å²) in [6, 6.07) is 9.61. The van der Waals surface area contributed by atoms with Crippen molar-refractivity contribution < 1.29 is 23.5 Å². The number of allylic oxidation sites excluding steroid dienone is 1. The first-order chi connectivity index (χ1) is 15.0. The van der Waals surface area contributed by atoms with Gasteiger partial charge in [0.05, 0.1) is 18.6 Å². The molecule has 0 radical (unpaired) electrons. The van der Waals surface area contributed by atoms with Crippen LogP contribution >= 0.6 is 11.8 Å². The first-order valence-electron chi connectivity index (χ1n) is 9.34. The number of methoxy groups -OCH3 is 1. The molecule has 1 aliphatic rings. The number of halogens is 1. The Hall–Kier alpha value is -3.50. The zero-order valence-corrected chi connectivity index (χ0v) is 17.7. The normalized spacial score (nSPS) is 14.6. The van der Waals surface area contributed by atoms with Gasteiger partial charge >= 0.3 is 0 Å². The standard InChI is InChI=1S/C24H20FNO4S/c1-4-6-18-12-17(14-21-23(27)26(11-5-2)24(28)31-21)13-20(29-3)22(18)30-15-16-7-9-19(25)10-8-16/h2,4,7-10,12-14H,1,6,11,15H2,3H3. The van der Waals surface area contributed by atoms with Crippen molar-refractivity contribution in [2.75, 3.05) is 13.7 Å². The summed E-state index contributed by atoms with van der Waals surface area (Å²) in [7, 11) is 1.52. The van der Waals surface area contributed by atoms with Gasteiger partial charge in [0, 0.05) is 5.56 Å². The quantitative estimate of drug-likeness (QED) is 0.337. The number of hydrogen-bond acceptors (Lipinski definition) is 5. The second-order valence-corrected chi connectivity index (χ2v) is 7.58. The van der Waals surface area contributed by atoms with Crippen LogP contribution in [0.4, 0.5) is 9.18 Å². The molecule has 1 saturated heterocycles. The Morgan fingerprint density at radius 1 is 1.26 bits per heavy atom. The maximum atomic E-state index is 13.1. The number of nitrogens with zero attached hydrogens (tertiary/aromatic N) is 1. The third-order valence-corrected chi connectivity index (χ3v) is 5.36. The Morgan fingerprint density at radius 3 is 2.65 bits per heavy atom. The summed E-state index contributed by atoms with van der Waals surface area (Å²) in [6.45, 7) is 3.95. The Balaban J connectivity index is 1.91. The lowest BCUT2D eigenvalue weighted by atomic mass is 10.0. The highest BCUT2D eigenvalue weighted by atomic mass is 32.2. The van der Waals surface area contributed by atoms with Gasteiger partial charge in [-0.2, -0.15) is 0 Å². The van der Waals surface area contributed by atoms with Crippen molar-refractivity contribution in [2.24, 2.45) is 0 Å². The third-order valence-electron chi connectivity index (χ3n) is 4.46. The first kappa shape index (κ1) is 22.2. The molecule has 0 bridgehead atoms. The van der Waals surface area contributed by atoms with Gasteiger partial charge in [0.15, 0.2) is 11.5 Å². The van der Waals surface area contributed by atoms with E-state index in [1.807, 2.05) is 6.07 Å². The van der Waals surface area contributed by atoms with Crippen LogP contribution in [0.2, 0.25) is 0 Å². The van der Waals surface area contributed by atoms with Gasteiger partial charge in [0.2, 0.25) is 0 Å². The Bertz CT molecular complexity index is 1090. The van der Waals surface area contributed by atoms with Crippen LogP contribution < -0.4 is 9.47 Å². The molecule has 5 nitrogen and oxygen atoms in total. The van der Waals surface area contributed by atoms with Crippen LogP contribution in [0.1, 0.15) is 16.7 Å². The predicted octanol–water partition coefficient (Wildman–Crippen LogP) is 4.81. The molecule has 7 heteroatoms. The van der Waals surface area contributed by atoms with Crippen LogP contribution in [0.3, 0.4) is 0 Å². The second kappa shape index (κ2) is 10.0. The largest absolute Gasteiger partial charge is 0.493 e. The molecule has 3 rings (SSSR count). The highest BCUT2D eigenvalue weighted by molar-refractivity contribution is 8.18. The smallest absolute Gasteiger partial charge is 0.294 e. The van der Waals surface area contributed by atoms with Crippen LogP contribution in [-0.4, -0.2) is 29.7 Å². The predicted molar refractivity (Wildman–Crippen MR) is 119 cm³/mol. The average Bonchev–Trinajstić information content (AvgIpc) is 3.01. The fourth-order valence-electron chi connectivity index (χ4n) is 3.00. The van der Waals surface area contributed by atoms with Gasteiger partial charge < -0.3 is 9.47 Å². The van der Waals surface area contributed by atoms with Crippen LogP contribution in [0, 0.1) is 18.2 Å². The molecule has 0 atom stereocenters. The molecule has 1 fully saturated rings. The molecule has 0 spiro atoms. The topological polar surface area (TPSA) is 55.8 Å². The molecule has 1 heterocycles. The van der Waals surface area contributed by atoms with E-state index in [0.29, 0.717) is 23.5 Å². The maximum absolute atomic E-state index is 13.1. The number of imide groups is 1. The number of hydrogen-bond donors (Lipinski definition) is 0. The van der Waals surface area contributed by atoms with Crippen molar-refractivity contribution in [3.63, 3.8) is 0 Å². The number of amides is 2. The lowest BCUT2D eigenvalue weighted by Crippen LogP contribution is -2.28. The number of rotatable bonds is 8. The number of carbonyl (C=O) groups excluding carboxylic acids is 2. The molecular weight excluding hydrogens is 417 g/mol. The minimum absolute atomic E-state index is 0.0663. The van der Waals surface area contributed by atoms with E-state index in [1.54, 1.807) is 30.4 Å². The molecule has 0 unspecified atom stereocenters. The van der Waals surface area contributed by atoms with Gasteiger partial charge in [-0.15, -0.1) is 13.0 Å². The van der Waals surface area contributed by atoms with Crippen LogP contribution in [0.15, 0.2) is 54.0 Å². The molecule has 0 aromatic heterocycles. The summed E-state index contributed by atoms with van der Waals surface area (Å²) in [5.74, 6) is 2.57. The van der Waals surface area contributed by atoms with Crippen molar-refractivity contribution in [2.45, 2.75) is 13.0 Å². The lowest BCUT2D eigenvalue weighted by Gasteiger charge is -2.16. The van der Waals surface area contributed by atoms with Gasteiger partial charge in [0.1, 0.15) is 12.4 Å². The number of terminal acetylenes is 1. The van der Waals surface area contributed by atoms with Gasteiger partial charge in [-0.1, -0.05) is 24.1 Å². The summed E-state index contributed by atoms with van der Waals surface area (Å²) in [4.78, 5) is 25.8. The number of ether oxygens (including phenoxy) is 2. The van der Waals surface area contributed by atoms with Gasteiger partial charge in [0.25, 0.3) is 11.1 Å². The fraction of sp³-hybridized carbons (Fsp3) is 0.167. The van der Waals surface area contributed by atoms with E-state index in [1.165, 1.54) is 19.2 Å². The van der Waals surface area contributed by atoms with Crippen molar-refractivity contribution in [1.29, 1.82) is 0 Å². The van der Waals surface area contributed by atoms with Gasteiger partial charge in [-0.3, -0.25) is 14.5 Å². The van der Waals surface area contributed by atoms with Crippen LogP contribution in [-0.2, 0) is 17.8 Å². The molecular formula is C24H20FNO4S. The van der Waals surface area contributed by atoms with Gasteiger partial charge in [-0.05, 0) is 59.7 Å². The van der Waals surface area contributed by atoms with Crippen molar-refractivity contribution in [3.8, 4) is 23.8 Å². The monoisotopic (exact) mass is 437 g/mol.